The van der Waals surface area contributed by atoms with Crippen LogP contribution in [0.2, 0.25) is 0 Å². The Morgan fingerprint density at radius 3 is 2.34 bits per heavy atom. The lowest BCUT2D eigenvalue weighted by atomic mass is 10.0. The Bertz CT molecular complexity index is 977. The molecule has 7 nitrogen and oxygen atoms in total. The number of carbonyl (C=O) groups excluding carboxylic acids is 1. The van der Waals surface area contributed by atoms with Crippen molar-refractivity contribution in [1.82, 2.24) is 15.1 Å². The Labute approximate surface area is 169 Å². The molecule has 0 atom stereocenters. The molecule has 0 fully saturated rings. The summed E-state index contributed by atoms with van der Waals surface area (Å²) in [6.07, 6.45) is 3.79. The summed E-state index contributed by atoms with van der Waals surface area (Å²) in [6.45, 7) is 4.09. The highest BCUT2D eigenvalue weighted by Gasteiger charge is 2.17. The highest BCUT2D eigenvalue weighted by molar-refractivity contribution is 5.81. The van der Waals surface area contributed by atoms with Crippen LogP contribution in [0, 0.1) is 10.1 Å². The number of nitro benzene ring substituents is 1. The first kappa shape index (κ1) is 20.3. The maximum Gasteiger partial charge on any atom is 0.269 e. The van der Waals surface area contributed by atoms with Crippen LogP contribution in [0.25, 0.3) is 16.9 Å². The van der Waals surface area contributed by atoms with Gasteiger partial charge in [0.15, 0.2) is 0 Å². The average Bonchev–Trinajstić information content (AvgIpc) is 3.16. The second-order valence-corrected chi connectivity index (χ2v) is 6.84. The zero-order valence-electron chi connectivity index (χ0n) is 16.5. The molecular weight excluding hydrogens is 368 g/mol. The molecule has 1 amide bonds. The molecule has 0 saturated carbocycles. The first-order chi connectivity index (χ1) is 14.0. The van der Waals surface area contributed by atoms with Gasteiger partial charge in [-0.05, 0) is 37.1 Å². The van der Waals surface area contributed by atoms with E-state index in [4.69, 9.17) is 0 Å². The number of nitrogens with zero attached hydrogens (tertiary/aromatic N) is 3. The number of non-ortho nitro benzene ring substituents is 1. The number of para-hydroxylation sites is 1. The summed E-state index contributed by atoms with van der Waals surface area (Å²) in [7, 11) is 0. The van der Waals surface area contributed by atoms with Gasteiger partial charge in [0.05, 0.1) is 22.7 Å². The van der Waals surface area contributed by atoms with Crippen LogP contribution in [0.3, 0.4) is 0 Å². The van der Waals surface area contributed by atoms with Crippen LogP contribution < -0.4 is 5.32 Å². The number of nitro groups is 1. The van der Waals surface area contributed by atoms with Crippen LogP contribution >= 0.6 is 0 Å². The molecule has 0 radical (unpaired) electrons. The monoisotopic (exact) mass is 392 g/mol. The molecule has 0 bridgehead atoms. The molecule has 1 aromatic heterocycles. The first-order valence-corrected chi connectivity index (χ1v) is 9.70. The average molecular weight is 392 g/mol. The number of hydrogen-bond acceptors (Lipinski definition) is 4. The lowest BCUT2D eigenvalue weighted by Crippen LogP contribution is -2.34. The fourth-order valence-corrected chi connectivity index (χ4v) is 3.18. The number of carbonyl (C=O) groups is 1. The van der Waals surface area contributed by atoms with Gasteiger partial charge in [0, 0.05) is 35.5 Å². The highest BCUT2D eigenvalue weighted by atomic mass is 16.6. The Hall–Kier alpha value is -3.48. The lowest BCUT2D eigenvalue weighted by Gasteiger charge is -2.14. The van der Waals surface area contributed by atoms with Crippen LogP contribution in [0.1, 0.15) is 32.3 Å². The summed E-state index contributed by atoms with van der Waals surface area (Å²) in [5, 5.41) is 18.7. The zero-order valence-corrected chi connectivity index (χ0v) is 16.5. The topological polar surface area (TPSA) is 90.1 Å². The van der Waals surface area contributed by atoms with E-state index in [1.807, 2.05) is 50.4 Å². The Morgan fingerprint density at radius 2 is 1.76 bits per heavy atom. The predicted molar refractivity (Wildman–Crippen MR) is 112 cm³/mol. The third-order valence-corrected chi connectivity index (χ3v) is 4.86. The molecule has 1 N–H and O–H groups in total. The minimum atomic E-state index is -0.434. The zero-order chi connectivity index (χ0) is 20.8. The molecule has 0 aliphatic carbocycles. The van der Waals surface area contributed by atoms with Gasteiger partial charge in [-0.15, -0.1) is 0 Å². The summed E-state index contributed by atoms with van der Waals surface area (Å²) < 4.78 is 1.73. The van der Waals surface area contributed by atoms with Gasteiger partial charge >= 0.3 is 0 Å². The van der Waals surface area contributed by atoms with Crippen LogP contribution in [0.15, 0.2) is 60.8 Å². The second kappa shape index (κ2) is 9.14. The third kappa shape index (κ3) is 4.87. The van der Waals surface area contributed by atoms with Gasteiger partial charge in [0.1, 0.15) is 0 Å². The van der Waals surface area contributed by atoms with Crippen molar-refractivity contribution < 1.29 is 9.72 Å². The van der Waals surface area contributed by atoms with Crippen molar-refractivity contribution >= 4 is 11.6 Å². The molecule has 2 aromatic carbocycles. The van der Waals surface area contributed by atoms with Gasteiger partial charge in [-0.2, -0.15) is 5.10 Å². The van der Waals surface area contributed by atoms with E-state index >= 15 is 0 Å². The lowest BCUT2D eigenvalue weighted by molar-refractivity contribution is -0.384. The van der Waals surface area contributed by atoms with Crippen LogP contribution in [0.4, 0.5) is 5.69 Å². The number of aromatic nitrogens is 2. The summed E-state index contributed by atoms with van der Waals surface area (Å²) >= 11 is 0. The molecule has 0 aliphatic heterocycles. The SMILES string of the molecule is CCC(CC)NC(=O)Cc1cn(-c2ccccc2)nc1-c1ccc([N+](=O)[O-])cc1. The second-order valence-electron chi connectivity index (χ2n) is 6.84. The minimum absolute atomic E-state index is 0.0178. The van der Waals surface area contributed by atoms with Crippen molar-refractivity contribution in [1.29, 1.82) is 0 Å². The molecule has 0 unspecified atom stereocenters. The summed E-state index contributed by atoms with van der Waals surface area (Å²) in [5.41, 5.74) is 3.04. The van der Waals surface area contributed by atoms with Crippen molar-refractivity contribution in [3.8, 4) is 16.9 Å². The van der Waals surface area contributed by atoms with E-state index in [1.165, 1.54) is 12.1 Å². The van der Waals surface area contributed by atoms with E-state index in [2.05, 4.69) is 10.4 Å². The Morgan fingerprint density at radius 1 is 1.10 bits per heavy atom. The molecular formula is C22H24N4O3. The molecule has 29 heavy (non-hydrogen) atoms. The smallest absolute Gasteiger partial charge is 0.269 e. The fourth-order valence-electron chi connectivity index (χ4n) is 3.18. The Balaban J connectivity index is 1.95. The number of nitrogens with one attached hydrogen (secondary N) is 1. The highest BCUT2D eigenvalue weighted by Crippen LogP contribution is 2.26. The molecule has 7 heteroatoms. The van der Waals surface area contributed by atoms with Gasteiger partial charge in [-0.3, -0.25) is 14.9 Å². The van der Waals surface area contributed by atoms with Gasteiger partial charge in [0.2, 0.25) is 5.91 Å². The van der Waals surface area contributed by atoms with E-state index in [1.54, 1.807) is 16.8 Å². The maximum absolute atomic E-state index is 12.6. The van der Waals surface area contributed by atoms with Gasteiger partial charge < -0.3 is 5.32 Å². The van der Waals surface area contributed by atoms with Crippen LogP contribution in [0.5, 0.6) is 0 Å². The third-order valence-electron chi connectivity index (χ3n) is 4.86. The van der Waals surface area contributed by atoms with E-state index in [-0.39, 0.29) is 24.1 Å². The predicted octanol–water partition coefficient (Wildman–Crippen LogP) is 4.29. The first-order valence-electron chi connectivity index (χ1n) is 9.70. The van der Waals surface area contributed by atoms with Gasteiger partial charge in [-0.1, -0.05) is 32.0 Å². The molecule has 3 aromatic rings. The quantitative estimate of drug-likeness (QED) is 0.457. The molecule has 3 rings (SSSR count). The van der Waals surface area contributed by atoms with Crippen LogP contribution in [-0.4, -0.2) is 26.7 Å². The molecule has 150 valence electrons. The fraction of sp³-hybridized carbons (Fsp3) is 0.273. The standard InChI is InChI=1S/C22H24N4O3/c1-3-18(4-2)23-21(27)14-17-15-25(19-8-6-5-7-9-19)24-22(17)16-10-12-20(13-11-16)26(28)29/h5-13,15,18H,3-4,14H2,1-2H3,(H,23,27). The van der Waals surface area contributed by atoms with Gasteiger partial charge in [-0.25, -0.2) is 4.68 Å². The van der Waals surface area contributed by atoms with Crippen molar-refractivity contribution in [2.24, 2.45) is 0 Å². The van der Waals surface area contributed by atoms with Crippen molar-refractivity contribution in [3.05, 3.63) is 76.5 Å². The normalized spacial score (nSPS) is 10.9. The van der Waals surface area contributed by atoms with E-state index in [9.17, 15) is 14.9 Å². The molecule has 0 saturated heterocycles. The molecule has 0 spiro atoms. The van der Waals surface area contributed by atoms with E-state index in [0.717, 1.165) is 29.7 Å². The van der Waals surface area contributed by atoms with Crippen molar-refractivity contribution in [2.75, 3.05) is 0 Å². The Kier molecular flexibility index (Phi) is 6.39. The number of benzene rings is 2. The van der Waals surface area contributed by atoms with Crippen molar-refractivity contribution in [3.63, 3.8) is 0 Å². The summed E-state index contributed by atoms with van der Waals surface area (Å²) in [6, 6.07) is 16.0. The number of amides is 1. The van der Waals surface area contributed by atoms with E-state index < -0.39 is 4.92 Å². The van der Waals surface area contributed by atoms with Crippen molar-refractivity contribution in [2.45, 2.75) is 39.2 Å². The molecule has 0 aliphatic rings. The summed E-state index contributed by atoms with van der Waals surface area (Å²) in [5.74, 6) is -0.0607. The molecule has 1 heterocycles. The van der Waals surface area contributed by atoms with E-state index in [0.29, 0.717) is 5.69 Å². The minimum Gasteiger partial charge on any atom is -0.353 e. The largest absolute Gasteiger partial charge is 0.353 e. The summed E-state index contributed by atoms with van der Waals surface area (Å²) in [4.78, 5) is 23.1. The number of rotatable bonds is 8. The maximum atomic E-state index is 12.6. The van der Waals surface area contributed by atoms with Gasteiger partial charge in [0.25, 0.3) is 5.69 Å². The van der Waals surface area contributed by atoms with Crippen LogP contribution in [-0.2, 0) is 11.2 Å². The number of hydrogen-bond donors (Lipinski definition) is 1.